The Hall–Kier alpha value is -0.710. The fourth-order valence-corrected chi connectivity index (χ4v) is 3.20. The number of rotatable bonds is 5. The van der Waals surface area contributed by atoms with E-state index in [4.69, 9.17) is 21.4 Å². The summed E-state index contributed by atoms with van der Waals surface area (Å²) in [6.07, 6.45) is 3.65. The quantitative estimate of drug-likeness (QED) is 0.552. The van der Waals surface area contributed by atoms with Crippen LogP contribution < -0.4 is 5.32 Å². The number of anilines is 1. The third-order valence-corrected chi connectivity index (χ3v) is 4.49. The van der Waals surface area contributed by atoms with Crippen molar-refractivity contribution in [2.24, 2.45) is 0 Å². The maximum absolute atomic E-state index is 8.86. The van der Waals surface area contributed by atoms with E-state index in [1.54, 1.807) is 4.68 Å². The predicted octanol–water partition coefficient (Wildman–Crippen LogP) is 2.58. The van der Waals surface area contributed by atoms with E-state index in [2.05, 4.69) is 43.0 Å². The molecule has 120 valence electrons. The van der Waals surface area contributed by atoms with Crippen molar-refractivity contribution in [1.29, 1.82) is 0 Å². The lowest BCUT2D eigenvalue weighted by Gasteiger charge is -2.23. The first kappa shape index (κ1) is 16.2. The number of fused-ring (bicyclic) bond motifs is 1. The van der Waals surface area contributed by atoms with E-state index in [9.17, 15) is 0 Å². The number of halogens is 2. The smallest absolute Gasteiger partial charge is 0.182 e. The highest BCUT2D eigenvalue weighted by Crippen LogP contribution is 2.29. The Bertz CT molecular complexity index is 659. The highest BCUT2D eigenvalue weighted by molar-refractivity contribution is 14.1. The van der Waals surface area contributed by atoms with E-state index in [0.29, 0.717) is 35.1 Å². The summed E-state index contributed by atoms with van der Waals surface area (Å²) in [7, 11) is 0. The fraction of sp³-hybridized carbons (Fsp3) is 0.615. The molecule has 0 saturated carbocycles. The van der Waals surface area contributed by atoms with Gasteiger partial charge >= 0.3 is 0 Å². The minimum absolute atomic E-state index is 0.0967. The number of ether oxygens (including phenoxy) is 1. The number of aromatic nitrogens is 4. The van der Waals surface area contributed by atoms with Crippen LogP contribution in [0.2, 0.25) is 5.15 Å². The van der Waals surface area contributed by atoms with Crippen LogP contribution in [0.5, 0.6) is 0 Å². The van der Waals surface area contributed by atoms with Crippen molar-refractivity contribution < 1.29 is 9.84 Å². The van der Waals surface area contributed by atoms with Crippen molar-refractivity contribution >= 4 is 51.2 Å². The van der Waals surface area contributed by atoms with Gasteiger partial charge in [0.2, 0.25) is 0 Å². The first-order valence-corrected chi connectivity index (χ1v) is 8.74. The average Bonchev–Trinajstić information content (AvgIpc) is 2.85. The zero-order chi connectivity index (χ0) is 15.5. The van der Waals surface area contributed by atoms with Crippen molar-refractivity contribution in [3.8, 4) is 0 Å². The molecule has 0 aliphatic carbocycles. The second kappa shape index (κ2) is 7.24. The van der Waals surface area contributed by atoms with Crippen LogP contribution in [0.25, 0.3) is 11.2 Å². The van der Waals surface area contributed by atoms with E-state index < -0.39 is 0 Å². The Morgan fingerprint density at radius 2 is 2.27 bits per heavy atom. The van der Waals surface area contributed by atoms with Gasteiger partial charge in [0, 0.05) is 19.8 Å². The van der Waals surface area contributed by atoms with E-state index in [-0.39, 0.29) is 12.8 Å². The molecule has 1 unspecified atom stereocenters. The van der Waals surface area contributed by atoms with Crippen molar-refractivity contribution in [3.05, 3.63) is 8.85 Å². The SMILES string of the molecule is OCCCNc1nc2c(nc1Cl)c(I)nn2C1CCCCO1. The van der Waals surface area contributed by atoms with E-state index >= 15 is 0 Å². The van der Waals surface area contributed by atoms with Gasteiger partial charge in [-0.1, -0.05) is 11.6 Å². The summed E-state index contributed by atoms with van der Waals surface area (Å²) in [5.41, 5.74) is 1.36. The van der Waals surface area contributed by atoms with Crippen LogP contribution in [0, 0.1) is 3.70 Å². The first-order chi connectivity index (χ1) is 10.7. The number of nitrogens with zero attached hydrogens (tertiary/aromatic N) is 4. The molecule has 0 bridgehead atoms. The van der Waals surface area contributed by atoms with Crippen LogP contribution in [0.15, 0.2) is 0 Å². The zero-order valence-corrected chi connectivity index (χ0v) is 14.8. The van der Waals surface area contributed by atoms with Gasteiger partial charge in [-0.3, -0.25) is 0 Å². The van der Waals surface area contributed by atoms with Crippen molar-refractivity contribution in [2.75, 3.05) is 25.1 Å². The number of aliphatic hydroxyl groups excluding tert-OH is 1. The van der Waals surface area contributed by atoms with Gasteiger partial charge in [-0.15, -0.1) is 0 Å². The standard InChI is InChI=1S/C13H17ClIN5O2/c14-10-12(16-5-3-6-21)18-13-9(17-10)11(15)19-20(13)8-4-1-2-7-22-8/h8,21H,1-7H2,(H,16,18). The highest BCUT2D eigenvalue weighted by Gasteiger charge is 2.23. The van der Waals surface area contributed by atoms with Crippen LogP contribution in [0.1, 0.15) is 31.9 Å². The Morgan fingerprint density at radius 1 is 1.41 bits per heavy atom. The van der Waals surface area contributed by atoms with Gasteiger partial charge < -0.3 is 15.2 Å². The third kappa shape index (κ3) is 3.29. The molecule has 1 fully saturated rings. The average molecular weight is 438 g/mol. The molecule has 2 aromatic heterocycles. The fourth-order valence-electron chi connectivity index (χ4n) is 2.41. The summed E-state index contributed by atoms with van der Waals surface area (Å²) in [5, 5.41) is 16.8. The van der Waals surface area contributed by atoms with Gasteiger partial charge in [-0.2, -0.15) is 5.10 Å². The minimum atomic E-state index is -0.0967. The molecule has 2 aromatic rings. The number of hydrogen-bond donors (Lipinski definition) is 2. The molecule has 0 amide bonds. The second-order valence-corrected chi connectivity index (χ2v) is 6.48. The summed E-state index contributed by atoms with van der Waals surface area (Å²) in [6.45, 7) is 1.44. The lowest BCUT2D eigenvalue weighted by Crippen LogP contribution is -2.19. The lowest BCUT2D eigenvalue weighted by atomic mass is 10.2. The highest BCUT2D eigenvalue weighted by atomic mass is 127. The molecule has 9 heteroatoms. The monoisotopic (exact) mass is 437 g/mol. The van der Waals surface area contributed by atoms with Crippen molar-refractivity contribution in [2.45, 2.75) is 31.9 Å². The molecular formula is C13H17ClIN5O2. The lowest BCUT2D eigenvalue weighted by molar-refractivity contribution is -0.0372. The number of nitrogens with one attached hydrogen (secondary N) is 1. The largest absolute Gasteiger partial charge is 0.396 e. The molecule has 1 atom stereocenters. The van der Waals surface area contributed by atoms with Crippen molar-refractivity contribution in [3.63, 3.8) is 0 Å². The normalized spacial score (nSPS) is 18.8. The Morgan fingerprint density at radius 3 is 3.00 bits per heavy atom. The van der Waals surface area contributed by atoms with Gasteiger partial charge in [0.05, 0.1) is 0 Å². The van der Waals surface area contributed by atoms with Gasteiger partial charge in [0.25, 0.3) is 0 Å². The molecule has 0 spiro atoms. The number of aliphatic hydroxyl groups is 1. The van der Waals surface area contributed by atoms with Crippen LogP contribution >= 0.6 is 34.2 Å². The molecule has 3 heterocycles. The Kier molecular flexibility index (Phi) is 5.32. The van der Waals surface area contributed by atoms with Gasteiger partial charge in [0.1, 0.15) is 5.52 Å². The van der Waals surface area contributed by atoms with E-state index in [1.165, 1.54) is 0 Å². The van der Waals surface area contributed by atoms with Crippen LogP contribution in [0.3, 0.4) is 0 Å². The minimum Gasteiger partial charge on any atom is -0.396 e. The molecule has 1 aliphatic rings. The molecule has 1 saturated heterocycles. The maximum Gasteiger partial charge on any atom is 0.182 e. The molecule has 0 aromatic carbocycles. The molecular weight excluding hydrogens is 421 g/mol. The molecule has 2 N–H and O–H groups in total. The third-order valence-electron chi connectivity index (χ3n) is 3.50. The van der Waals surface area contributed by atoms with Gasteiger partial charge in [0.15, 0.2) is 26.5 Å². The van der Waals surface area contributed by atoms with E-state index in [0.717, 1.165) is 29.6 Å². The Labute approximate surface area is 146 Å². The van der Waals surface area contributed by atoms with Crippen molar-refractivity contribution in [1.82, 2.24) is 19.7 Å². The molecule has 7 nitrogen and oxygen atoms in total. The summed E-state index contributed by atoms with van der Waals surface area (Å²) in [4.78, 5) is 8.97. The van der Waals surface area contributed by atoms with Gasteiger partial charge in [-0.05, 0) is 48.3 Å². The zero-order valence-electron chi connectivity index (χ0n) is 11.9. The Balaban J connectivity index is 1.96. The maximum atomic E-state index is 8.86. The predicted molar refractivity (Wildman–Crippen MR) is 92.1 cm³/mol. The first-order valence-electron chi connectivity index (χ1n) is 7.28. The van der Waals surface area contributed by atoms with Crippen LogP contribution in [-0.4, -0.2) is 44.6 Å². The number of hydrogen-bond acceptors (Lipinski definition) is 6. The van der Waals surface area contributed by atoms with Crippen LogP contribution in [-0.2, 0) is 4.74 Å². The molecule has 3 rings (SSSR count). The van der Waals surface area contributed by atoms with Crippen LogP contribution in [0.4, 0.5) is 5.82 Å². The summed E-state index contributed by atoms with van der Waals surface area (Å²) in [6, 6.07) is 0. The van der Waals surface area contributed by atoms with E-state index in [1.807, 2.05) is 0 Å². The summed E-state index contributed by atoms with van der Waals surface area (Å²) >= 11 is 8.31. The summed E-state index contributed by atoms with van der Waals surface area (Å²) in [5.74, 6) is 0.510. The molecule has 0 radical (unpaired) electrons. The topological polar surface area (TPSA) is 85.1 Å². The molecule has 1 aliphatic heterocycles. The summed E-state index contributed by atoms with van der Waals surface area (Å²) < 4.78 is 8.36. The van der Waals surface area contributed by atoms with Gasteiger partial charge in [-0.25, -0.2) is 14.6 Å². The molecule has 22 heavy (non-hydrogen) atoms. The second-order valence-electron chi connectivity index (χ2n) is 5.10.